The summed E-state index contributed by atoms with van der Waals surface area (Å²) in [5.74, 6) is 0.793. The summed E-state index contributed by atoms with van der Waals surface area (Å²) in [6.45, 7) is 3.12. The lowest BCUT2D eigenvalue weighted by molar-refractivity contribution is -0.129. The molecule has 1 amide bonds. The third kappa shape index (κ3) is 4.25. The molecule has 3 rings (SSSR count). The molecule has 25 heavy (non-hydrogen) atoms. The van der Waals surface area contributed by atoms with Gasteiger partial charge in [-0.3, -0.25) is 4.79 Å². The van der Waals surface area contributed by atoms with Crippen LogP contribution >= 0.6 is 11.6 Å². The molecule has 132 valence electrons. The molecule has 0 saturated carbocycles. The fourth-order valence-corrected chi connectivity index (χ4v) is 3.08. The first-order valence-electron chi connectivity index (χ1n) is 8.18. The molecule has 0 aliphatic carbocycles. The molecule has 0 spiro atoms. The van der Waals surface area contributed by atoms with Crippen molar-refractivity contribution in [2.24, 2.45) is 0 Å². The second kappa shape index (κ2) is 7.78. The predicted octanol–water partition coefficient (Wildman–Crippen LogP) is 3.66. The van der Waals surface area contributed by atoms with E-state index in [2.05, 4.69) is 9.97 Å². The van der Waals surface area contributed by atoms with Gasteiger partial charge in [0.1, 0.15) is 11.7 Å². The second-order valence-electron chi connectivity index (χ2n) is 6.03. The number of benzene rings is 1. The maximum absolute atomic E-state index is 13.8. The van der Waals surface area contributed by atoms with E-state index in [-0.39, 0.29) is 23.5 Å². The molecule has 0 unspecified atom stereocenters. The number of aromatic nitrogens is 2. The third-order valence-electron chi connectivity index (χ3n) is 4.23. The summed E-state index contributed by atoms with van der Waals surface area (Å²) in [6, 6.07) is 7.89. The molecule has 5 nitrogen and oxygen atoms in total. The number of rotatable bonds is 4. The van der Waals surface area contributed by atoms with E-state index in [4.69, 9.17) is 16.3 Å². The van der Waals surface area contributed by atoms with Crippen molar-refractivity contribution < 1.29 is 13.9 Å². The van der Waals surface area contributed by atoms with Crippen LogP contribution in [0.25, 0.3) is 0 Å². The molecule has 1 aliphatic rings. The number of hydrogen-bond acceptors (Lipinski definition) is 4. The quantitative estimate of drug-likeness (QED) is 0.778. The number of amides is 1. The van der Waals surface area contributed by atoms with Crippen LogP contribution in [0, 0.1) is 12.7 Å². The third-order valence-corrected chi connectivity index (χ3v) is 4.45. The number of carbonyl (C=O) groups is 1. The molecular weight excluding hydrogens is 345 g/mol. The van der Waals surface area contributed by atoms with Crippen molar-refractivity contribution >= 4 is 17.5 Å². The van der Waals surface area contributed by atoms with Gasteiger partial charge in [-0.25, -0.2) is 9.37 Å². The smallest absolute Gasteiger partial charge is 0.237 e. The number of alkyl halides is 1. The van der Waals surface area contributed by atoms with Gasteiger partial charge in [0.2, 0.25) is 11.8 Å². The lowest BCUT2D eigenvalue weighted by atomic mass is 9.96. The van der Waals surface area contributed by atoms with E-state index in [9.17, 15) is 9.18 Å². The van der Waals surface area contributed by atoms with Crippen molar-refractivity contribution in [3.63, 3.8) is 0 Å². The zero-order valence-electron chi connectivity index (χ0n) is 13.9. The lowest BCUT2D eigenvalue weighted by Crippen LogP contribution is -2.38. The first-order chi connectivity index (χ1) is 12.1. The Balaban J connectivity index is 1.74. The van der Waals surface area contributed by atoms with Crippen molar-refractivity contribution in [1.82, 2.24) is 14.9 Å². The van der Waals surface area contributed by atoms with Crippen LogP contribution < -0.4 is 4.74 Å². The normalized spacial score (nSPS) is 15.2. The van der Waals surface area contributed by atoms with E-state index in [1.807, 2.05) is 6.92 Å². The van der Waals surface area contributed by atoms with Crippen molar-refractivity contribution in [2.75, 3.05) is 19.0 Å². The van der Waals surface area contributed by atoms with Gasteiger partial charge >= 0.3 is 0 Å². The van der Waals surface area contributed by atoms with Gasteiger partial charge in [-0.2, -0.15) is 4.98 Å². The molecule has 1 saturated heterocycles. The SMILES string of the molecule is Cc1cc(Oc2ccccc2F)nc(C2CCN(C(=O)CCl)CC2)n1. The van der Waals surface area contributed by atoms with Gasteiger partial charge in [0.05, 0.1) is 0 Å². The lowest BCUT2D eigenvalue weighted by Gasteiger charge is -2.31. The van der Waals surface area contributed by atoms with Gasteiger partial charge in [-0.15, -0.1) is 11.6 Å². The molecule has 0 bridgehead atoms. The average molecular weight is 364 g/mol. The first kappa shape index (κ1) is 17.6. The van der Waals surface area contributed by atoms with Gasteiger partial charge in [0.25, 0.3) is 0 Å². The highest BCUT2D eigenvalue weighted by Crippen LogP contribution is 2.29. The molecule has 0 N–H and O–H groups in total. The molecule has 0 radical (unpaired) electrons. The number of ether oxygens (including phenoxy) is 1. The zero-order chi connectivity index (χ0) is 17.8. The Morgan fingerprint density at radius 1 is 1.32 bits per heavy atom. The van der Waals surface area contributed by atoms with Crippen LogP contribution in [0.1, 0.15) is 30.3 Å². The standard InChI is InChI=1S/C18H19ClFN3O2/c1-12-10-16(25-15-5-3-2-4-14(15)20)22-18(21-12)13-6-8-23(9-7-13)17(24)11-19/h2-5,10,13H,6-9,11H2,1H3. The van der Waals surface area contributed by atoms with Crippen LogP contribution in [-0.2, 0) is 4.79 Å². The van der Waals surface area contributed by atoms with Gasteiger partial charge < -0.3 is 9.64 Å². The number of carbonyl (C=O) groups excluding carboxylic acids is 1. The molecule has 1 aromatic heterocycles. The minimum atomic E-state index is -0.437. The van der Waals surface area contributed by atoms with E-state index in [1.54, 1.807) is 29.2 Å². The fraction of sp³-hybridized carbons (Fsp3) is 0.389. The summed E-state index contributed by atoms with van der Waals surface area (Å²) in [6.07, 6.45) is 1.54. The second-order valence-corrected chi connectivity index (χ2v) is 6.29. The molecule has 1 aromatic carbocycles. The summed E-state index contributed by atoms with van der Waals surface area (Å²) < 4.78 is 19.4. The Kier molecular flexibility index (Phi) is 5.48. The molecule has 2 aromatic rings. The monoisotopic (exact) mass is 363 g/mol. The zero-order valence-corrected chi connectivity index (χ0v) is 14.7. The number of piperidine rings is 1. The highest BCUT2D eigenvalue weighted by atomic mass is 35.5. The topological polar surface area (TPSA) is 55.3 Å². The molecule has 7 heteroatoms. The van der Waals surface area contributed by atoms with Crippen molar-refractivity contribution in [3.8, 4) is 11.6 Å². The number of aryl methyl sites for hydroxylation is 1. The van der Waals surface area contributed by atoms with Crippen molar-refractivity contribution in [3.05, 3.63) is 47.7 Å². The van der Waals surface area contributed by atoms with Gasteiger partial charge in [0.15, 0.2) is 11.6 Å². The Morgan fingerprint density at radius 2 is 2.04 bits per heavy atom. The fourth-order valence-electron chi connectivity index (χ4n) is 2.91. The summed E-state index contributed by atoms with van der Waals surface area (Å²) >= 11 is 5.61. The summed E-state index contributed by atoms with van der Waals surface area (Å²) in [5.41, 5.74) is 0.760. The van der Waals surface area contributed by atoms with Crippen molar-refractivity contribution in [1.29, 1.82) is 0 Å². The largest absolute Gasteiger partial charge is 0.436 e. The van der Waals surface area contributed by atoms with E-state index in [0.717, 1.165) is 18.5 Å². The van der Waals surface area contributed by atoms with Crippen LogP contribution in [0.3, 0.4) is 0 Å². The van der Waals surface area contributed by atoms with Crippen LogP contribution in [0.4, 0.5) is 4.39 Å². The molecule has 1 aliphatic heterocycles. The molecule has 0 atom stereocenters. The molecule has 2 heterocycles. The number of likely N-dealkylation sites (tertiary alicyclic amines) is 1. The van der Waals surface area contributed by atoms with Crippen LogP contribution in [0.15, 0.2) is 30.3 Å². The summed E-state index contributed by atoms with van der Waals surface area (Å²) in [7, 11) is 0. The van der Waals surface area contributed by atoms with Gasteiger partial charge in [-0.1, -0.05) is 12.1 Å². The Labute approximate surface area is 150 Å². The van der Waals surface area contributed by atoms with E-state index >= 15 is 0 Å². The van der Waals surface area contributed by atoms with E-state index < -0.39 is 5.82 Å². The van der Waals surface area contributed by atoms with Crippen LogP contribution in [-0.4, -0.2) is 39.7 Å². The van der Waals surface area contributed by atoms with Crippen molar-refractivity contribution in [2.45, 2.75) is 25.7 Å². The van der Waals surface area contributed by atoms with Gasteiger partial charge in [0, 0.05) is 30.8 Å². The summed E-state index contributed by atoms with van der Waals surface area (Å²) in [5, 5.41) is 0. The Morgan fingerprint density at radius 3 is 2.72 bits per heavy atom. The maximum Gasteiger partial charge on any atom is 0.237 e. The predicted molar refractivity (Wildman–Crippen MR) is 92.5 cm³/mol. The summed E-state index contributed by atoms with van der Waals surface area (Å²) in [4.78, 5) is 22.4. The highest BCUT2D eigenvalue weighted by molar-refractivity contribution is 6.27. The number of hydrogen-bond donors (Lipinski definition) is 0. The number of nitrogens with zero attached hydrogens (tertiary/aromatic N) is 3. The average Bonchev–Trinajstić information content (AvgIpc) is 2.62. The van der Waals surface area contributed by atoms with E-state index in [1.165, 1.54) is 6.07 Å². The number of para-hydroxylation sites is 1. The number of halogens is 2. The van der Waals surface area contributed by atoms with Gasteiger partial charge in [-0.05, 0) is 31.9 Å². The Hall–Kier alpha value is -2.21. The maximum atomic E-state index is 13.8. The van der Waals surface area contributed by atoms with E-state index in [0.29, 0.717) is 24.8 Å². The first-order valence-corrected chi connectivity index (χ1v) is 8.72. The van der Waals surface area contributed by atoms with Crippen LogP contribution in [0.2, 0.25) is 0 Å². The minimum Gasteiger partial charge on any atom is -0.436 e. The molecule has 1 fully saturated rings. The van der Waals surface area contributed by atoms with Crippen LogP contribution in [0.5, 0.6) is 11.6 Å². The minimum absolute atomic E-state index is 0.00619. The molecular formula is C18H19ClFN3O2. The Bertz CT molecular complexity index is 764. The highest BCUT2D eigenvalue weighted by Gasteiger charge is 2.25.